The zero-order chi connectivity index (χ0) is 17.5. The van der Waals surface area contributed by atoms with Gasteiger partial charge < -0.3 is 20.4 Å². The minimum Gasteiger partial charge on any atom is -0.368 e. The molecular formula is C17H24N4O2S2. The molecule has 0 aromatic heterocycles. The SMILES string of the molecule is O=C(NCC(=O)N1CCN(c2ccccc2)CC1)NCC1SCCS1. The van der Waals surface area contributed by atoms with E-state index in [0.717, 1.165) is 24.6 Å². The van der Waals surface area contributed by atoms with E-state index in [2.05, 4.69) is 27.7 Å². The van der Waals surface area contributed by atoms with Crippen LogP contribution in [-0.2, 0) is 4.79 Å². The molecule has 25 heavy (non-hydrogen) atoms. The molecule has 0 radical (unpaired) electrons. The van der Waals surface area contributed by atoms with Crippen molar-refractivity contribution in [2.45, 2.75) is 4.58 Å². The van der Waals surface area contributed by atoms with E-state index in [1.807, 2.05) is 46.6 Å². The van der Waals surface area contributed by atoms with Crippen LogP contribution in [0.3, 0.4) is 0 Å². The van der Waals surface area contributed by atoms with E-state index in [1.54, 1.807) is 0 Å². The van der Waals surface area contributed by atoms with Gasteiger partial charge in [-0.25, -0.2) is 4.79 Å². The molecule has 0 spiro atoms. The van der Waals surface area contributed by atoms with Gasteiger partial charge in [-0.05, 0) is 12.1 Å². The third-order valence-electron chi connectivity index (χ3n) is 4.27. The molecule has 2 fully saturated rings. The molecule has 6 nitrogen and oxygen atoms in total. The van der Waals surface area contributed by atoms with Gasteiger partial charge in [0, 0.05) is 49.9 Å². The maximum absolute atomic E-state index is 12.3. The van der Waals surface area contributed by atoms with Gasteiger partial charge in [0.25, 0.3) is 0 Å². The predicted octanol–water partition coefficient (Wildman–Crippen LogP) is 1.44. The van der Waals surface area contributed by atoms with E-state index in [1.165, 1.54) is 5.69 Å². The Morgan fingerprint density at radius 1 is 1.00 bits per heavy atom. The summed E-state index contributed by atoms with van der Waals surface area (Å²) in [6.07, 6.45) is 0. The number of benzene rings is 1. The molecular weight excluding hydrogens is 356 g/mol. The number of carbonyl (C=O) groups excluding carboxylic acids is 2. The van der Waals surface area contributed by atoms with Gasteiger partial charge >= 0.3 is 6.03 Å². The van der Waals surface area contributed by atoms with Crippen LogP contribution in [0.25, 0.3) is 0 Å². The second-order valence-electron chi connectivity index (χ2n) is 5.94. The van der Waals surface area contributed by atoms with Crippen LogP contribution >= 0.6 is 23.5 Å². The normalized spacial score (nSPS) is 18.2. The number of rotatable bonds is 5. The lowest BCUT2D eigenvalue weighted by molar-refractivity contribution is -0.130. The topological polar surface area (TPSA) is 64.7 Å². The Labute approximate surface area is 157 Å². The van der Waals surface area contributed by atoms with Gasteiger partial charge in [-0.15, -0.1) is 23.5 Å². The molecule has 2 N–H and O–H groups in total. The van der Waals surface area contributed by atoms with Crippen molar-refractivity contribution >= 4 is 41.1 Å². The summed E-state index contributed by atoms with van der Waals surface area (Å²) in [6, 6.07) is 9.97. The molecule has 1 aromatic carbocycles. The number of nitrogens with one attached hydrogen (secondary N) is 2. The minimum absolute atomic E-state index is 0.0209. The number of hydrogen-bond acceptors (Lipinski definition) is 5. The fourth-order valence-corrected chi connectivity index (χ4v) is 5.54. The van der Waals surface area contributed by atoms with Gasteiger partial charge in [0.05, 0.1) is 11.1 Å². The highest BCUT2D eigenvalue weighted by molar-refractivity contribution is 8.20. The van der Waals surface area contributed by atoms with Crippen molar-refractivity contribution in [2.75, 3.05) is 55.7 Å². The molecule has 1 aromatic rings. The summed E-state index contributed by atoms with van der Waals surface area (Å²) >= 11 is 3.74. The molecule has 0 atom stereocenters. The molecule has 2 saturated heterocycles. The third kappa shape index (κ3) is 5.47. The highest BCUT2D eigenvalue weighted by atomic mass is 32.2. The summed E-state index contributed by atoms with van der Waals surface area (Å²) in [6.45, 7) is 3.71. The summed E-state index contributed by atoms with van der Waals surface area (Å²) in [5.74, 6) is 2.27. The van der Waals surface area contributed by atoms with Crippen LogP contribution in [0.5, 0.6) is 0 Å². The first-order chi connectivity index (χ1) is 12.2. The van der Waals surface area contributed by atoms with Crippen molar-refractivity contribution < 1.29 is 9.59 Å². The molecule has 0 saturated carbocycles. The largest absolute Gasteiger partial charge is 0.368 e. The zero-order valence-electron chi connectivity index (χ0n) is 14.1. The van der Waals surface area contributed by atoms with Crippen LogP contribution in [0.4, 0.5) is 10.5 Å². The smallest absolute Gasteiger partial charge is 0.315 e. The Morgan fingerprint density at radius 3 is 2.36 bits per heavy atom. The predicted molar refractivity (Wildman–Crippen MR) is 105 cm³/mol. The van der Waals surface area contributed by atoms with Gasteiger partial charge in [0.2, 0.25) is 5.91 Å². The number of para-hydroxylation sites is 1. The average Bonchev–Trinajstić information content (AvgIpc) is 3.19. The first-order valence-electron chi connectivity index (χ1n) is 8.55. The highest BCUT2D eigenvalue weighted by Gasteiger charge is 2.22. The second-order valence-corrected chi connectivity index (χ2v) is 8.86. The Balaban J connectivity index is 1.34. The van der Waals surface area contributed by atoms with Gasteiger partial charge in [0.15, 0.2) is 0 Å². The standard InChI is InChI=1S/C17H24N4O2S2/c22-15(12-18-17(23)19-13-16-24-10-11-25-16)21-8-6-20(7-9-21)14-4-2-1-3-5-14/h1-5,16H,6-13H2,(H2,18,19,23). The van der Waals surface area contributed by atoms with Gasteiger partial charge in [-0.3, -0.25) is 4.79 Å². The summed E-state index contributed by atoms with van der Waals surface area (Å²) < 4.78 is 0.438. The number of nitrogens with zero attached hydrogens (tertiary/aromatic N) is 2. The van der Waals surface area contributed by atoms with Crippen molar-refractivity contribution in [1.29, 1.82) is 0 Å². The number of piperazine rings is 1. The number of thioether (sulfide) groups is 2. The lowest BCUT2D eigenvalue weighted by Gasteiger charge is -2.36. The lowest BCUT2D eigenvalue weighted by Crippen LogP contribution is -2.52. The van der Waals surface area contributed by atoms with Crippen LogP contribution < -0.4 is 15.5 Å². The summed E-state index contributed by atoms with van der Waals surface area (Å²) in [5, 5.41) is 5.51. The number of hydrogen-bond donors (Lipinski definition) is 2. The zero-order valence-corrected chi connectivity index (χ0v) is 15.8. The molecule has 136 valence electrons. The van der Waals surface area contributed by atoms with E-state index in [9.17, 15) is 9.59 Å². The molecule has 2 heterocycles. The Hall–Kier alpha value is -1.54. The van der Waals surface area contributed by atoms with Crippen LogP contribution in [0.2, 0.25) is 0 Å². The fraction of sp³-hybridized carbons (Fsp3) is 0.529. The van der Waals surface area contributed by atoms with Crippen LogP contribution in [0.1, 0.15) is 0 Å². The fourth-order valence-electron chi connectivity index (χ4n) is 2.88. The van der Waals surface area contributed by atoms with E-state index < -0.39 is 0 Å². The van der Waals surface area contributed by atoms with Crippen molar-refractivity contribution in [3.05, 3.63) is 30.3 Å². The quantitative estimate of drug-likeness (QED) is 0.809. The molecule has 0 unspecified atom stereocenters. The van der Waals surface area contributed by atoms with Crippen molar-refractivity contribution in [3.63, 3.8) is 0 Å². The maximum atomic E-state index is 12.3. The summed E-state index contributed by atoms with van der Waals surface area (Å²) in [4.78, 5) is 28.2. The molecule has 3 rings (SSSR count). The van der Waals surface area contributed by atoms with Gasteiger partial charge in [0.1, 0.15) is 0 Å². The van der Waals surface area contributed by atoms with E-state index >= 15 is 0 Å². The Bertz CT molecular complexity index is 573. The highest BCUT2D eigenvalue weighted by Crippen LogP contribution is 2.30. The lowest BCUT2D eigenvalue weighted by atomic mass is 10.2. The number of urea groups is 1. The Kier molecular flexibility index (Phi) is 6.75. The third-order valence-corrected chi connectivity index (χ3v) is 7.31. The average molecular weight is 381 g/mol. The van der Waals surface area contributed by atoms with Crippen LogP contribution in [-0.4, -0.2) is 72.2 Å². The Morgan fingerprint density at radius 2 is 1.68 bits per heavy atom. The van der Waals surface area contributed by atoms with Crippen LogP contribution in [0, 0.1) is 0 Å². The maximum Gasteiger partial charge on any atom is 0.315 e. The van der Waals surface area contributed by atoms with Crippen molar-refractivity contribution in [3.8, 4) is 0 Å². The van der Waals surface area contributed by atoms with Crippen molar-refractivity contribution in [1.82, 2.24) is 15.5 Å². The molecule has 0 aliphatic carbocycles. The molecule has 3 amide bonds. The molecule has 0 bridgehead atoms. The monoisotopic (exact) mass is 380 g/mol. The minimum atomic E-state index is -0.260. The summed E-state index contributed by atoms with van der Waals surface area (Å²) in [5.41, 5.74) is 1.19. The second kappa shape index (κ2) is 9.24. The van der Waals surface area contributed by atoms with Gasteiger partial charge in [-0.2, -0.15) is 0 Å². The molecule has 2 aliphatic rings. The molecule has 2 aliphatic heterocycles. The number of anilines is 1. The van der Waals surface area contributed by atoms with Crippen molar-refractivity contribution in [2.24, 2.45) is 0 Å². The first kappa shape index (κ1) is 18.3. The van der Waals surface area contributed by atoms with Gasteiger partial charge in [-0.1, -0.05) is 18.2 Å². The summed E-state index contributed by atoms with van der Waals surface area (Å²) in [7, 11) is 0. The number of amides is 3. The van der Waals surface area contributed by atoms with E-state index in [-0.39, 0.29) is 18.5 Å². The van der Waals surface area contributed by atoms with E-state index in [0.29, 0.717) is 24.2 Å². The van der Waals surface area contributed by atoms with E-state index in [4.69, 9.17) is 0 Å². The van der Waals surface area contributed by atoms with Crippen LogP contribution in [0.15, 0.2) is 30.3 Å². The molecule has 8 heteroatoms. The first-order valence-corrected chi connectivity index (χ1v) is 10.6. The number of carbonyl (C=O) groups is 2.